The molecule has 0 amide bonds. The molecule has 0 rings (SSSR count). The second-order valence-corrected chi connectivity index (χ2v) is 17.5. The fourth-order valence-corrected chi connectivity index (χ4v) is 7.99. The first kappa shape index (κ1) is 53.9. The van der Waals surface area contributed by atoms with Gasteiger partial charge in [0.25, 0.3) is 0 Å². The zero-order valence-electron chi connectivity index (χ0n) is 38.2. The van der Waals surface area contributed by atoms with E-state index in [4.69, 9.17) is 9.47 Å². The number of hydrogen-bond donors (Lipinski definition) is 0. The molecular formula is C50H99NO4. The van der Waals surface area contributed by atoms with Gasteiger partial charge in [0, 0.05) is 6.42 Å². The van der Waals surface area contributed by atoms with E-state index < -0.39 is 6.04 Å². The van der Waals surface area contributed by atoms with Crippen LogP contribution in [-0.4, -0.2) is 49.7 Å². The zero-order valence-corrected chi connectivity index (χ0v) is 38.2. The molecule has 0 aliphatic heterocycles. The van der Waals surface area contributed by atoms with Gasteiger partial charge in [-0.05, 0) is 52.6 Å². The lowest BCUT2D eigenvalue weighted by Gasteiger charge is -2.23. The summed E-state index contributed by atoms with van der Waals surface area (Å²) in [6.45, 7) is 7.32. The molecule has 0 unspecified atom stereocenters. The van der Waals surface area contributed by atoms with E-state index >= 15 is 0 Å². The highest BCUT2D eigenvalue weighted by atomic mass is 16.5. The van der Waals surface area contributed by atoms with Gasteiger partial charge < -0.3 is 9.47 Å². The van der Waals surface area contributed by atoms with E-state index in [0.717, 1.165) is 38.5 Å². The van der Waals surface area contributed by atoms with Gasteiger partial charge >= 0.3 is 11.9 Å². The van der Waals surface area contributed by atoms with Crippen molar-refractivity contribution < 1.29 is 19.1 Å². The SMILES string of the molecule is CCCCCCCCCCCCCCOC(=O)[C@H](CCC(=O)OC(CCCCCCCCCCCCCC)CCCCCCCCCCCCCC)N(C)C. The summed E-state index contributed by atoms with van der Waals surface area (Å²) in [7, 11) is 3.82. The predicted molar refractivity (Wildman–Crippen MR) is 240 cm³/mol. The lowest BCUT2D eigenvalue weighted by atomic mass is 10.0. The fourth-order valence-electron chi connectivity index (χ4n) is 7.99. The van der Waals surface area contributed by atoms with Crippen LogP contribution < -0.4 is 0 Å². The van der Waals surface area contributed by atoms with E-state index in [2.05, 4.69) is 20.8 Å². The smallest absolute Gasteiger partial charge is 0.323 e. The highest BCUT2D eigenvalue weighted by Crippen LogP contribution is 2.20. The predicted octanol–water partition coefficient (Wildman–Crippen LogP) is 16.0. The van der Waals surface area contributed by atoms with Crippen molar-refractivity contribution in [2.45, 2.75) is 290 Å². The third-order valence-electron chi connectivity index (χ3n) is 11.8. The minimum atomic E-state index is -0.406. The van der Waals surface area contributed by atoms with Crippen LogP contribution in [0.3, 0.4) is 0 Å². The van der Waals surface area contributed by atoms with Gasteiger partial charge in [-0.3, -0.25) is 14.5 Å². The van der Waals surface area contributed by atoms with Gasteiger partial charge in [0.05, 0.1) is 6.61 Å². The maximum atomic E-state index is 13.1. The standard InChI is InChI=1S/C50H99NO4/c1-6-9-12-15-18-21-24-27-30-33-36-39-42-47(43-40-37-34-31-28-25-22-19-16-13-10-7-2)55-49(52)45-44-48(51(4)5)50(53)54-46-41-38-35-32-29-26-23-20-17-14-11-8-3/h47-48H,6-46H2,1-5H3/t48-/m0/s1. The monoisotopic (exact) mass is 778 g/mol. The maximum absolute atomic E-state index is 13.1. The van der Waals surface area contributed by atoms with Crippen LogP contribution in [0, 0.1) is 0 Å². The Labute approximate surface area is 345 Å². The van der Waals surface area contributed by atoms with Crippen LogP contribution in [0.1, 0.15) is 278 Å². The summed E-state index contributed by atoms with van der Waals surface area (Å²) in [6.07, 6.45) is 50.3. The molecule has 0 aliphatic rings. The number of carbonyl (C=O) groups is 2. The molecule has 0 fully saturated rings. The van der Waals surface area contributed by atoms with Gasteiger partial charge in [-0.2, -0.15) is 0 Å². The third kappa shape index (κ3) is 39.5. The summed E-state index contributed by atoms with van der Waals surface area (Å²) in [5, 5.41) is 0. The third-order valence-corrected chi connectivity index (χ3v) is 11.8. The van der Waals surface area contributed by atoms with Gasteiger partial charge in [0.15, 0.2) is 0 Å². The van der Waals surface area contributed by atoms with Gasteiger partial charge in [-0.25, -0.2) is 0 Å². The van der Waals surface area contributed by atoms with Crippen molar-refractivity contribution in [3.63, 3.8) is 0 Å². The molecule has 0 aromatic carbocycles. The molecule has 1 atom stereocenters. The summed E-state index contributed by atoms with van der Waals surface area (Å²) in [6, 6.07) is -0.406. The lowest BCUT2D eigenvalue weighted by Crippen LogP contribution is -2.38. The molecule has 0 aliphatic carbocycles. The second-order valence-electron chi connectivity index (χ2n) is 17.5. The first-order chi connectivity index (χ1) is 27.0. The molecule has 0 heterocycles. The van der Waals surface area contributed by atoms with Crippen molar-refractivity contribution in [3.8, 4) is 0 Å². The molecule has 0 spiro atoms. The number of likely N-dealkylation sites (N-methyl/N-ethyl adjacent to an activating group) is 1. The van der Waals surface area contributed by atoms with Crippen LogP contribution in [0.4, 0.5) is 0 Å². The van der Waals surface area contributed by atoms with E-state index in [9.17, 15) is 9.59 Å². The number of nitrogens with zero attached hydrogens (tertiary/aromatic N) is 1. The summed E-state index contributed by atoms with van der Waals surface area (Å²) in [5.74, 6) is -0.353. The fraction of sp³-hybridized carbons (Fsp3) is 0.960. The number of rotatable bonds is 45. The molecule has 5 heteroatoms. The molecule has 0 radical (unpaired) electrons. The topological polar surface area (TPSA) is 55.8 Å². The minimum absolute atomic E-state index is 0.00861. The summed E-state index contributed by atoms with van der Waals surface area (Å²) < 4.78 is 11.8. The largest absolute Gasteiger partial charge is 0.465 e. The van der Waals surface area contributed by atoms with Gasteiger partial charge in [-0.15, -0.1) is 0 Å². The first-order valence-electron chi connectivity index (χ1n) is 25.0. The number of carbonyl (C=O) groups excluding carboxylic acids is 2. The summed E-state index contributed by atoms with van der Waals surface area (Å²) >= 11 is 0. The normalized spacial score (nSPS) is 12.2. The Hall–Kier alpha value is -1.10. The molecule has 328 valence electrons. The molecule has 5 nitrogen and oxygen atoms in total. The van der Waals surface area contributed by atoms with E-state index in [1.807, 2.05) is 19.0 Å². The Morgan fingerprint density at radius 3 is 1.00 bits per heavy atom. The van der Waals surface area contributed by atoms with Gasteiger partial charge in [0.2, 0.25) is 0 Å². The van der Waals surface area contributed by atoms with Crippen molar-refractivity contribution in [2.24, 2.45) is 0 Å². The van der Waals surface area contributed by atoms with Crippen LogP contribution in [0.2, 0.25) is 0 Å². The van der Waals surface area contributed by atoms with Crippen molar-refractivity contribution in [1.82, 2.24) is 4.90 Å². The molecular weight excluding hydrogens is 679 g/mol. The molecule has 0 bridgehead atoms. The van der Waals surface area contributed by atoms with Crippen molar-refractivity contribution in [2.75, 3.05) is 20.7 Å². The second kappa shape index (κ2) is 44.0. The summed E-state index contributed by atoms with van der Waals surface area (Å²) in [5.41, 5.74) is 0. The number of unbranched alkanes of at least 4 members (excludes halogenated alkanes) is 33. The van der Waals surface area contributed by atoms with Crippen LogP contribution in [0.15, 0.2) is 0 Å². The Kier molecular flexibility index (Phi) is 43.1. The highest BCUT2D eigenvalue weighted by Gasteiger charge is 2.24. The number of esters is 2. The number of hydrogen-bond acceptors (Lipinski definition) is 5. The Morgan fingerprint density at radius 2 is 0.691 bits per heavy atom. The number of ether oxygens (including phenoxy) is 2. The molecule has 0 aromatic heterocycles. The lowest BCUT2D eigenvalue weighted by molar-refractivity contribution is -0.152. The van der Waals surface area contributed by atoms with Crippen molar-refractivity contribution >= 4 is 11.9 Å². The quantitative estimate of drug-likeness (QED) is 0.0455. The van der Waals surface area contributed by atoms with E-state index in [1.165, 1.54) is 205 Å². The zero-order chi connectivity index (χ0) is 40.3. The Bertz CT molecular complexity index is 758. The van der Waals surface area contributed by atoms with Crippen molar-refractivity contribution in [3.05, 3.63) is 0 Å². The maximum Gasteiger partial charge on any atom is 0.323 e. The average molecular weight is 778 g/mol. The minimum Gasteiger partial charge on any atom is -0.465 e. The van der Waals surface area contributed by atoms with Crippen LogP contribution in [-0.2, 0) is 19.1 Å². The Morgan fingerprint density at radius 1 is 0.400 bits per heavy atom. The van der Waals surface area contributed by atoms with E-state index in [-0.39, 0.29) is 24.5 Å². The van der Waals surface area contributed by atoms with E-state index in [0.29, 0.717) is 13.0 Å². The first-order valence-corrected chi connectivity index (χ1v) is 25.0. The Balaban J connectivity index is 4.45. The average Bonchev–Trinajstić information content (AvgIpc) is 3.17. The molecule has 0 saturated carbocycles. The molecule has 55 heavy (non-hydrogen) atoms. The summed E-state index contributed by atoms with van der Waals surface area (Å²) in [4.78, 5) is 28.0. The van der Waals surface area contributed by atoms with Crippen LogP contribution in [0.25, 0.3) is 0 Å². The van der Waals surface area contributed by atoms with Crippen LogP contribution >= 0.6 is 0 Å². The molecule has 0 saturated heterocycles. The van der Waals surface area contributed by atoms with Gasteiger partial charge in [0.1, 0.15) is 12.1 Å². The highest BCUT2D eigenvalue weighted by molar-refractivity contribution is 5.77. The van der Waals surface area contributed by atoms with E-state index in [1.54, 1.807) is 0 Å². The van der Waals surface area contributed by atoms with Crippen LogP contribution in [0.5, 0.6) is 0 Å². The molecule has 0 N–H and O–H groups in total. The van der Waals surface area contributed by atoms with Crippen molar-refractivity contribution in [1.29, 1.82) is 0 Å². The molecule has 0 aromatic rings. The van der Waals surface area contributed by atoms with Gasteiger partial charge in [-0.1, -0.05) is 233 Å².